The van der Waals surface area contributed by atoms with Gasteiger partial charge in [0.1, 0.15) is 0 Å². The van der Waals surface area contributed by atoms with E-state index in [1.54, 1.807) is 6.07 Å². The number of benzene rings is 2. The van der Waals surface area contributed by atoms with Crippen molar-refractivity contribution in [3.63, 3.8) is 0 Å². The van der Waals surface area contributed by atoms with Crippen molar-refractivity contribution in [3.05, 3.63) is 63.7 Å². The van der Waals surface area contributed by atoms with Crippen LogP contribution in [0.5, 0.6) is 0 Å². The quantitative estimate of drug-likeness (QED) is 0.382. The van der Waals surface area contributed by atoms with E-state index in [2.05, 4.69) is 27.6 Å². The van der Waals surface area contributed by atoms with Crippen molar-refractivity contribution in [1.82, 2.24) is 4.98 Å². The van der Waals surface area contributed by atoms with Crippen LogP contribution < -0.4 is 11.5 Å². The average Bonchev–Trinajstić information content (AvgIpc) is 2.54. The van der Waals surface area contributed by atoms with E-state index < -0.39 is 5.91 Å². The van der Waals surface area contributed by atoms with Gasteiger partial charge in [-0.3, -0.25) is 4.79 Å². The van der Waals surface area contributed by atoms with Crippen LogP contribution in [0.15, 0.2) is 59.6 Å². The molecule has 0 aliphatic rings. The number of carbonyl (C=O) groups is 1. The van der Waals surface area contributed by atoms with Crippen molar-refractivity contribution < 1.29 is 4.79 Å². The number of amides is 1. The predicted octanol–water partition coefficient (Wildman–Crippen LogP) is 2.92. The number of fused-ring (bicyclic) bond motifs is 1. The summed E-state index contributed by atoms with van der Waals surface area (Å²) in [4.78, 5) is 20.7. The number of halogens is 1. The molecule has 0 radical (unpaired) electrons. The molecule has 1 heterocycles. The Bertz CT molecular complexity index is 919. The van der Waals surface area contributed by atoms with Crippen molar-refractivity contribution in [1.29, 1.82) is 0 Å². The fourth-order valence-corrected chi connectivity index (χ4v) is 2.94. The molecule has 23 heavy (non-hydrogen) atoms. The van der Waals surface area contributed by atoms with Gasteiger partial charge in [0, 0.05) is 14.5 Å². The maximum Gasteiger partial charge on any atom is 0.280 e. The summed E-state index contributed by atoms with van der Waals surface area (Å²) in [6.45, 7) is 0. The lowest BCUT2D eigenvalue weighted by Crippen LogP contribution is -2.24. The largest absolute Gasteiger partial charge is 0.370 e. The zero-order valence-corrected chi connectivity index (χ0v) is 14.2. The molecule has 0 aliphatic heterocycles. The van der Waals surface area contributed by atoms with Crippen molar-refractivity contribution in [2.75, 3.05) is 0 Å². The number of nitrogens with zero attached hydrogens (tertiary/aromatic N) is 2. The molecular formula is C17H13IN4O. The monoisotopic (exact) mass is 416 g/mol. The summed E-state index contributed by atoms with van der Waals surface area (Å²) in [7, 11) is 0. The number of nitrogens with two attached hydrogens (primary N) is 2. The number of aromatic nitrogens is 1. The second kappa shape index (κ2) is 6.33. The van der Waals surface area contributed by atoms with Gasteiger partial charge in [0.2, 0.25) is 0 Å². The number of aliphatic imine (C=N–C) groups is 1. The van der Waals surface area contributed by atoms with Crippen LogP contribution >= 0.6 is 22.6 Å². The van der Waals surface area contributed by atoms with Gasteiger partial charge in [-0.05, 0) is 34.7 Å². The van der Waals surface area contributed by atoms with E-state index in [1.165, 1.54) is 0 Å². The van der Waals surface area contributed by atoms with Crippen LogP contribution in [0.1, 0.15) is 10.4 Å². The summed E-state index contributed by atoms with van der Waals surface area (Å²) >= 11 is 2.20. The first-order chi connectivity index (χ1) is 11.1. The fraction of sp³-hybridized carbons (Fsp3) is 0. The van der Waals surface area contributed by atoms with E-state index in [9.17, 15) is 4.79 Å². The number of guanidine groups is 1. The first-order valence-electron chi connectivity index (χ1n) is 6.85. The molecule has 0 aliphatic carbocycles. The minimum Gasteiger partial charge on any atom is -0.370 e. The second-order valence-electron chi connectivity index (χ2n) is 4.90. The lowest BCUT2D eigenvalue weighted by molar-refractivity contribution is 0.100. The van der Waals surface area contributed by atoms with Gasteiger partial charge in [0.25, 0.3) is 5.91 Å². The molecular weight excluding hydrogens is 403 g/mol. The molecule has 1 aromatic heterocycles. The first-order valence-corrected chi connectivity index (χ1v) is 7.93. The summed E-state index contributed by atoms with van der Waals surface area (Å²) in [5.41, 5.74) is 13.5. The average molecular weight is 416 g/mol. The van der Waals surface area contributed by atoms with Gasteiger partial charge in [-0.15, -0.1) is 0 Å². The SMILES string of the molecule is NC(N)=NC(=O)c1cc(-c2ccccc2)nc2c(I)cccc12. The lowest BCUT2D eigenvalue weighted by Gasteiger charge is -2.09. The Kier molecular flexibility index (Phi) is 4.24. The van der Waals surface area contributed by atoms with Crippen molar-refractivity contribution >= 4 is 45.4 Å². The molecule has 0 atom stereocenters. The van der Waals surface area contributed by atoms with Gasteiger partial charge in [-0.2, -0.15) is 4.99 Å². The van der Waals surface area contributed by atoms with E-state index >= 15 is 0 Å². The molecule has 1 amide bonds. The van der Waals surface area contributed by atoms with Crippen LogP contribution in [0.2, 0.25) is 0 Å². The van der Waals surface area contributed by atoms with E-state index in [0.717, 1.165) is 20.0 Å². The third-order valence-corrected chi connectivity index (χ3v) is 4.19. The number of hydrogen-bond acceptors (Lipinski definition) is 2. The Labute approximate surface area is 146 Å². The van der Waals surface area contributed by atoms with E-state index in [1.807, 2.05) is 48.5 Å². The highest BCUT2D eigenvalue weighted by Gasteiger charge is 2.15. The molecule has 114 valence electrons. The molecule has 0 fully saturated rings. The van der Waals surface area contributed by atoms with Crippen molar-refractivity contribution in [2.45, 2.75) is 0 Å². The van der Waals surface area contributed by atoms with E-state index in [4.69, 9.17) is 16.5 Å². The maximum atomic E-state index is 12.4. The molecule has 4 N–H and O–H groups in total. The fourth-order valence-electron chi connectivity index (χ4n) is 2.32. The van der Waals surface area contributed by atoms with E-state index in [0.29, 0.717) is 11.3 Å². The predicted molar refractivity (Wildman–Crippen MR) is 100 cm³/mol. The Morgan fingerprint density at radius 2 is 1.78 bits per heavy atom. The van der Waals surface area contributed by atoms with Gasteiger partial charge >= 0.3 is 0 Å². The molecule has 0 unspecified atom stereocenters. The summed E-state index contributed by atoms with van der Waals surface area (Å²) in [6.07, 6.45) is 0. The number of pyridine rings is 1. The van der Waals surface area contributed by atoms with Gasteiger partial charge in [-0.1, -0.05) is 42.5 Å². The second-order valence-corrected chi connectivity index (χ2v) is 6.06. The lowest BCUT2D eigenvalue weighted by atomic mass is 10.0. The zero-order chi connectivity index (χ0) is 16.4. The van der Waals surface area contributed by atoms with Crippen molar-refractivity contribution in [3.8, 4) is 11.3 Å². The minimum atomic E-state index is -0.475. The summed E-state index contributed by atoms with van der Waals surface area (Å²) in [5, 5.41) is 0.728. The number of para-hydroxylation sites is 1. The van der Waals surface area contributed by atoms with Gasteiger partial charge in [0.15, 0.2) is 5.96 Å². The highest BCUT2D eigenvalue weighted by Crippen LogP contribution is 2.28. The molecule has 0 spiro atoms. The van der Waals surface area contributed by atoms with Gasteiger partial charge < -0.3 is 11.5 Å². The van der Waals surface area contributed by atoms with E-state index in [-0.39, 0.29) is 5.96 Å². The first kappa shape index (κ1) is 15.4. The van der Waals surface area contributed by atoms with Gasteiger partial charge in [-0.25, -0.2) is 4.98 Å². The normalized spacial score (nSPS) is 10.5. The van der Waals surface area contributed by atoms with Crippen LogP contribution in [0.3, 0.4) is 0 Å². The molecule has 5 nitrogen and oxygen atoms in total. The molecule has 3 aromatic rings. The van der Waals surface area contributed by atoms with Crippen LogP contribution in [0.4, 0.5) is 0 Å². The highest BCUT2D eigenvalue weighted by molar-refractivity contribution is 14.1. The number of rotatable bonds is 2. The van der Waals surface area contributed by atoms with Gasteiger partial charge in [0.05, 0.1) is 16.8 Å². The zero-order valence-electron chi connectivity index (χ0n) is 12.0. The number of carbonyl (C=O) groups excluding carboxylic acids is 1. The molecule has 0 saturated carbocycles. The Morgan fingerprint density at radius 3 is 2.48 bits per heavy atom. The third-order valence-electron chi connectivity index (χ3n) is 3.32. The smallest absolute Gasteiger partial charge is 0.280 e. The van der Waals surface area contributed by atoms with Crippen LogP contribution in [0.25, 0.3) is 22.2 Å². The third kappa shape index (κ3) is 3.16. The molecule has 3 rings (SSSR count). The van der Waals surface area contributed by atoms with Crippen molar-refractivity contribution in [2.24, 2.45) is 16.5 Å². The van der Waals surface area contributed by atoms with Crippen LogP contribution in [0, 0.1) is 3.57 Å². The molecule has 2 aromatic carbocycles. The highest BCUT2D eigenvalue weighted by atomic mass is 127. The molecule has 0 bridgehead atoms. The topological polar surface area (TPSA) is 94.4 Å². The van der Waals surface area contributed by atoms with Crippen LogP contribution in [-0.4, -0.2) is 16.9 Å². The molecule has 6 heteroatoms. The summed E-state index contributed by atoms with van der Waals surface area (Å²) in [5.74, 6) is -0.733. The summed E-state index contributed by atoms with van der Waals surface area (Å²) in [6, 6.07) is 17.1. The Morgan fingerprint density at radius 1 is 1.04 bits per heavy atom. The minimum absolute atomic E-state index is 0.258. The molecule has 0 saturated heterocycles. The number of hydrogen-bond donors (Lipinski definition) is 2. The standard InChI is InChI=1S/C17H13IN4O/c18-13-8-4-7-11-12(16(23)22-17(19)20)9-14(21-15(11)13)10-5-2-1-3-6-10/h1-9H,(H4,19,20,22,23). The maximum absolute atomic E-state index is 12.4. The Hall–Kier alpha value is -2.48. The van der Waals surface area contributed by atoms with Crippen LogP contribution in [-0.2, 0) is 0 Å². The summed E-state index contributed by atoms with van der Waals surface area (Å²) < 4.78 is 0.955. The Balaban J connectivity index is 2.31.